The molecule has 2 nitrogen and oxygen atoms in total. The fourth-order valence-corrected chi connectivity index (χ4v) is 1.09. The molecule has 0 aliphatic rings. The molecule has 0 aliphatic carbocycles. The summed E-state index contributed by atoms with van der Waals surface area (Å²) < 4.78 is 12.8. The fraction of sp³-hybridized carbons (Fsp3) is 0.125. The molecule has 1 N–H and O–H groups in total. The number of hydrogen-bond donors (Lipinski definition) is 2. The number of carboxylic acid groups (broad SMARTS) is 1. The molecule has 12 heavy (non-hydrogen) atoms. The Morgan fingerprint density at radius 3 is 2.83 bits per heavy atom. The predicted octanol–water partition coefficient (Wildman–Crippen LogP) is 1.74. The predicted molar refractivity (Wildman–Crippen MR) is 45.0 cm³/mol. The van der Waals surface area contributed by atoms with Crippen LogP contribution < -0.4 is 0 Å². The average molecular weight is 186 g/mol. The van der Waals surface area contributed by atoms with Crippen LogP contribution in [0.1, 0.15) is 5.56 Å². The van der Waals surface area contributed by atoms with E-state index in [1.807, 2.05) is 0 Å². The average Bonchev–Trinajstić information content (AvgIpc) is 1.98. The minimum Gasteiger partial charge on any atom is -0.481 e. The van der Waals surface area contributed by atoms with Crippen molar-refractivity contribution in [2.45, 2.75) is 11.3 Å². The smallest absolute Gasteiger partial charge is 0.307 e. The Morgan fingerprint density at radius 1 is 1.58 bits per heavy atom. The molecule has 0 aliphatic heterocycles. The van der Waals surface area contributed by atoms with Gasteiger partial charge in [-0.3, -0.25) is 4.79 Å². The van der Waals surface area contributed by atoms with Gasteiger partial charge in [-0.1, -0.05) is 12.1 Å². The van der Waals surface area contributed by atoms with Crippen LogP contribution in [0.5, 0.6) is 0 Å². The zero-order valence-corrected chi connectivity index (χ0v) is 7.01. The van der Waals surface area contributed by atoms with Crippen molar-refractivity contribution in [3.8, 4) is 0 Å². The lowest BCUT2D eigenvalue weighted by atomic mass is 10.1. The molecule has 0 radical (unpaired) electrons. The van der Waals surface area contributed by atoms with Gasteiger partial charge >= 0.3 is 5.97 Å². The van der Waals surface area contributed by atoms with E-state index in [0.29, 0.717) is 5.56 Å². The summed E-state index contributed by atoms with van der Waals surface area (Å²) in [4.78, 5) is 10.4. The van der Waals surface area contributed by atoms with E-state index in [-0.39, 0.29) is 11.3 Å². The molecule has 0 bridgehead atoms. The standard InChI is InChI=1S/C8H7FO2S/c9-6-3-1-2-5(8(6)12)4-7(10)11/h1-3,12H,4H2,(H,10,11). The topological polar surface area (TPSA) is 37.3 Å². The molecule has 0 aromatic heterocycles. The Morgan fingerprint density at radius 2 is 2.25 bits per heavy atom. The van der Waals surface area contributed by atoms with E-state index in [4.69, 9.17) is 5.11 Å². The molecule has 0 atom stereocenters. The molecule has 0 amide bonds. The van der Waals surface area contributed by atoms with E-state index >= 15 is 0 Å². The van der Waals surface area contributed by atoms with E-state index in [2.05, 4.69) is 12.6 Å². The highest BCUT2D eigenvalue weighted by Crippen LogP contribution is 2.17. The van der Waals surface area contributed by atoms with Crippen molar-refractivity contribution in [2.75, 3.05) is 0 Å². The fourth-order valence-electron chi connectivity index (χ4n) is 0.866. The lowest BCUT2D eigenvalue weighted by Gasteiger charge is -2.01. The number of thiol groups is 1. The first-order valence-corrected chi connectivity index (χ1v) is 3.74. The second-order valence-corrected chi connectivity index (χ2v) is 2.77. The highest BCUT2D eigenvalue weighted by molar-refractivity contribution is 7.80. The summed E-state index contributed by atoms with van der Waals surface area (Å²) in [6.45, 7) is 0. The van der Waals surface area contributed by atoms with Gasteiger partial charge in [-0.25, -0.2) is 4.39 Å². The number of carbonyl (C=O) groups is 1. The molecular formula is C8H7FO2S. The van der Waals surface area contributed by atoms with Gasteiger partial charge in [0.25, 0.3) is 0 Å². The van der Waals surface area contributed by atoms with Crippen molar-refractivity contribution < 1.29 is 14.3 Å². The van der Waals surface area contributed by atoms with Gasteiger partial charge in [-0.2, -0.15) is 0 Å². The first kappa shape index (κ1) is 9.06. The lowest BCUT2D eigenvalue weighted by molar-refractivity contribution is -0.136. The van der Waals surface area contributed by atoms with Crippen molar-refractivity contribution in [3.63, 3.8) is 0 Å². The van der Waals surface area contributed by atoms with Gasteiger partial charge < -0.3 is 5.11 Å². The molecule has 0 saturated heterocycles. The molecule has 0 spiro atoms. The largest absolute Gasteiger partial charge is 0.481 e. The van der Waals surface area contributed by atoms with Crippen LogP contribution in [0.4, 0.5) is 4.39 Å². The molecule has 4 heteroatoms. The Labute approximate surface area is 74.4 Å². The Balaban J connectivity index is 3.00. The zero-order valence-electron chi connectivity index (χ0n) is 6.12. The normalized spacial score (nSPS) is 9.83. The maximum atomic E-state index is 12.8. The second kappa shape index (κ2) is 3.58. The summed E-state index contributed by atoms with van der Waals surface area (Å²) in [7, 11) is 0. The maximum Gasteiger partial charge on any atom is 0.307 e. The summed E-state index contributed by atoms with van der Waals surface area (Å²) >= 11 is 3.85. The number of rotatable bonds is 2. The third kappa shape index (κ3) is 1.98. The number of hydrogen-bond acceptors (Lipinski definition) is 2. The third-order valence-corrected chi connectivity index (χ3v) is 1.91. The van der Waals surface area contributed by atoms with Gasteiger partial charge in [-0.05, 0) is 11.6 Å². The van der Waals surface area contributed by atoms with E-state index in [1.54, 1.807) is 6.07 Å². The van der Waals surface area contributed by atoms with Crippen molar-refractivity contribution in [1.82, 2.24) is 0 Å². The van der Waals surface area contributed by atoms with E-state index in [1.165, 1.54) is 12.1 Å². The Kier molecular flexibility index (Phi) is 2.70. The van der Waals surface area contributed by atoms with Gasteiger partial charge in [0, 0.05) is 4.90 Å². The summed E-state index contributed by atoms with van der Waals surface area (Å²) in [5.74, 6) is -1.48. The number of halogens is 1. The van der Waals surface area contributed by atoms with E-state index < -0.39 is 11.8 Å². The van der Waals surface area contributed by atoms with Gasteiger partial charge in [0.1, 0.15) is 5.82 Å². The molecule has 0 unspecified atom stereocenters. The zero-order chi connectivity index (χ0) is 9.14. The quantitative estimate of drug-likeness (QED) is 0.690. The SMILES string of the molecule is O=C(O)Cc1cccc(F)c1S. The van der Waals surface area contributed by atoms with Crippen molar-refractivity contribution in [2.24, 2.45) is 0 Å². The summed E-state index contributed by atoms with van der Waals surface area (Å²) in [5, 5.41) is 8.43. The highest BCUT2D eigenvalue weighted by Gasteiger charge is 2.07. The van der Waals surface area contributed by atoms with E-state index in [9.17, 15) is 9.18 Å². The number of aliphatic carboxylic acids is 1. The molecule has 0 saturated carbocycles. The van der Waals surface area contributed by atoms with Crippen molar-refractivity contribution in [3.05, 3.63) is 29.6 Å². The number of benzene rings is 1. The Bertz CT molecular complexity index is 312. The van der Waals surface area contributed by atoms with Crippen LogP contribution in [-0.2, 0) is 11.2 Å². The van der Waals surface area contributed by atoms with Gasteiger partial charge in [0.05, 0.1) is 6.42 Å². The van der Waals surface area contributed by atoms with Crippen molar-refractivity contribution in [1.29, 1.82) is 0 Å². The molecule has 64 valence electrons. The lowest BCUT2D eigenvalue weighted by Crippen LogP contribution is -2.01. The molecule has 1 aromatic carbocycles. The van der Waals surface area contributed by atoms with Crippen LogP contribution in [-0.4, -0.2) is 11.1 Å². The second-order valence-electron chi connectivity index (χ2n) is 2.32. The summed E-state index contributed by atoms with van der Waals surface area (Å²) in [5.41, 5.74) is 0.394. The van der Waals surface area contributed by atoms with Crippen molar-refractivity contribution >= 4 is 18.6 Å². The van der Waals surface area contributed by atoms with Gasteiger partial charge in [0.15, 0.2) is 0 Å². The van der Waals surface area contributed by atoms with Gasteiger partial charge in [-0.15, -0.1) is 12.6 Å². The minimum atomic E-state index is -0.990. The van der Waals surface area contributed by atoms with Crippen LogP contribution in [0, 0.1) is 5.82 Å². The molecular weight excluding hydrogens is 179 g/mol. The number of carboxylic acids is 1. The molecule has 1 rings (SSSR count). The minimum absolute atomic E-state index is 0.111. The highest BCUT2D eigenvalue weighted by atomic mass is 32.1. The van der Waals surface area contributed by atoms with E-state index in [0.717, 1.165) is 0 Å². The Hall–Kier alpha value is -1.03. The van der Waals surface area contributed by atoms with Crippen LogP contribution in [0.15, 0.2) is 23.1 Å². The third-order valence-electron chi connectivity index (χ3n) is 1.41. The van der Waals surface area contributed by atoms with Crippen LogP contribution in [0.2, 0.25) is 0 Å². The first-order chi connectivity index (χ1) is 5.61. The van der Waals surface area contributed by atoms with Gasteiger partial charge in [0.2, 0.25) is 0 Å². The maximum absolute atomic E-state index is 12.8. The molecule has 1 aromatic rings. The van der Waals surface area contributed by atoms with Crippen LogP contribution in [0.3, 0.4) is 0 Å². The molecule has 0 fully saturated rings. The van der Waals surface area contributed by atoms with Crippen LogP contribution in [0.25, 0.3) is 0 Å². The van der Waals surface area contributed by atoms with Crippen LogP contribution >= 0.6 is 12.6 Å². The molecule has 0 heterocycles. The summed E-state index contributed by atoms with van der Waals surface area (Å²) in [6, 6.07) is 4.25. The monoisotopic (exact) mass is 186 g/mol. The summed E-state index contributed by atoms with van der Waals surface area (Å²) in [6.07, 6.45) is -0.198. The first-order valence-electron chi connectivity index (χ1n) is 3.29.